The number of alkyl halides is 3. The summed E-state index contributed by atoms with van der Waals surface area (Å²) in [6, 6.07) is 19.9. The van der Waals surface area contributed by atoms with Crippen LogP contribution >= 0.6 is 0 Å². The number of ether oxygens (including phenoxy) is 1. The molecule has 0 fully saturated rings. The van der Waals surface area contributed by atoms with E-state index in [4.69, 9.17) is 4.74 Å². The highest BCUT2D eigenvalue weighted by Crippen LogP contribution is 2.38. The molecule has 0 aliphatic rings. The Labute approximate surface area is 194 Å². The number of fused-ring (bicyclic) bond motifs is 1. The third-order valence-electron chi connectivity index (χ3n) is 5.07. The van der Waals surface area contributed by atoms with Crippen molar-refractivity contribution in [2.75, 3.05) is 5.43 Å². The average molecular weight is 492 g/mol. The van der Waals surface area contributed by atoms with Crippen molar-refractivity contribution >= 4 is 22.7 Å². The fourth-order valence-electron chi connectivity index (χ4n) is 3.41. The van der Waals surface area contributed by atoms with Crippen LogP contribution in [0.2, 0.25) is 0 Å². The lowest BCUT2D eigenvalue weighted by atomic mass is 10.1. The lowest BCUT2D eigenvalue weighted by molar-refractivity contribution is -0.143. The van der Waals surface area contributed by atoms with Crippen molar-refractivity contribution in [3.05, 3.63) is 107 Å². The van der Waals surface area contributed by atoms with Gasteiger partial charge < -0.3 is 4.74 Å². The van der Waals surface area contributed by atoms with Crippen LogP contribution in [0.4, 0.5) is 36.4 Å². The SMILES string of the molecule is Fc1c(F)c(C(F)(F)F)c(F)c(F)c1N/N=C/c1cccc(OCc2cccc3ccccc23)c1. The zero-order valence-corrected chi connectivity index (χ0v) is 17.6. The molecule has 10 heteroatoms. The van der Waals surface area contributed by atoms with Crippen LogP contribution in [0.15, 0.2) is 71.8 Å². The molecule has 0 unspecified atom stereocenters. The van der Waals surface area contributed by atoms with Gasteiger partial charge in [0.05, 0.1) is 6.21 Å². The molecule has 180 valence electrons. The number of anilines is 1. The Bertz CT molecular complexity index is 1380. The maximum absolute atomic E-state index is 14.0. The van der Waals surface area contributed by atoms with E-state index in [-0.39, 0.29) is 6.61 Å². The number of nitrogens with zero attached hydrogens (tertiary/aromatic N) is 1. The van der Waals surface area contributed by atoms with Crippen LogP contribution in [0.1, 0.15) is 16.7 Å². The van der Waals surface area contributed by atoms with Gasteiger partial charge >= 0.3 is 6.18 Å². The number of nitrogens with one attached hydrogen (secondary N) is 1. The van der Waals surface area contributed by atoms with Crippen molar-refractivity contribution in [3.63, 3.8) is 0 Å². The Kier molecular flexibility index (Phi) is 6.63. The summed E-state index contributed by atoms with van der Waals surface area (Å²) in [7, 11) is 0. The highest BCUT2D eigenvalue weighted by Gasteiger charge is 2.42. The molecule has 0 atom stereocenters. The summed E-state index contributed by atoms with van der Waals surface area (Å²) in [5.41, 5.74) is -1.11. The van der Waals surface area contributed by atoms with Gasteiger partial charge in [-0.1, -0.05) is 54.6 Å². The molecule has 1 N–H and O–H groups in total. The first-order valence-electron chi connectivity index (χ1n) is 10.1. The minimum Gasteiger partial charge on any atom is -0.489 e. The lowest BCUT2D eigenvalue weighted by Gasteiger charge is -2.13. The first-order valence-corrected chi connectivity index (χ1v) is 10.1. The summed E-state index contributed by atoms with van der Waals surface area (Å²) in [6.07, 6.45) is -4.57. The van der Waals surface area contributed by atoms with Gasteiger partial charge in [-0.2, -0.15) is 18.3 Å². The predicted molar refractivity (Wildman–Crippen MR) is 117 cm³/mol. The third-order valence-corrected chi connectivity index (χ3v) is 5.07. The zero-order valence-electron chi connectivity index (χ0n) is 17.6. The van der Waals surface area contributed by atoms with Crippen LogP contribution < -0.4 is 10.2 Å². The summed E-state index contributed by atoms with van der Waals surface area (Å²) in [5, 5.41) is 5.56. The summed E-state index contributed by atoms with van der Waals surface area (Å²) in [6.45, 7) is 0.251. The molecule has 35 heavy (non-hydrogen) atoms. The smallest absolute Gasteiger partial charge is 0.422 e. The second kappa shape index (κ2) is 9.65. The highest BCUT2D eigenvalue weighted by molar-refractivity contribution is 5.85. The predicted octanol–water partition coefficient (Wildman–Crippen LogP) is 7.44. The summed E-state index contributed by atoms with van der Waals surface area (Å²) >= 11 is 0. The molecule has 4 aromatic carbocycles. The Balaban J connectivity index is 1.49. The fraction of sp³-hybridized carbons (Fsp3) is 0.0800. The molecule has 3 nitrogen and oxygen atoms in total. The molecule has 4 rings (SSSR count). The van der Waals surface area contributed by atoms with E-state index < -0.39 is 40.7 Å². The molecular formula is C25H15F7N2O. The number of hydrogen-bond donors (Lipinski definition) is 1. The third kappa shape index (κ3) is 5.06. The summed E-state index contributed by atoms with van der Waals surface area (Å²) in [5.74, 6) is -9.21. The normalized spacial score (nSPS) is 11.9. The minimum absolute atomic E-state index is 0.251. The van der Waals surface area contributed by atoms with E-state index in [9.17, 15) is 30.7 Å². The largest absolute Gasteiger partial charge is 0.489 e. The Morgan fingerprint density at radius 3 is 2.17 bits per heavy atom. The van der Waals surface area contributed by atoms with Crippen molar-refractivity contribution in [3.8, 4) is 5.75 Å². The zero-order chi connectivity index (χ0) is 25.2. The molecule has 0 radical (unpaired) electrons. The quantitative estimate of drug-likeness (QED) is 0.131. The van der Waals surface area contributed by atoms with Crippen LogP contribution in [0.5, 0.6) is 5.75 Å². The molecule has 0 aliphatic carbocycles. The fourth-order valence-corrected chi connectivity index (χ4v) is 3.41. The molecule has 0 bridgehead atoms. The van der Waals surface area contributed by atoms with Gasteiger partial charge in [0.1, 0.15) is 23.6 Å². The first-order chi connectivity index (χ1) is 16.7. The van der Waals surface area contributed by atoms with E-state index in [1.54, 1.807) is 23.6 Å². The van der Waals surface area contributed by atoms with E-state index in [2.05, 4.69) is 5.10 Å². The van der Waals surface area contributed by atoms with Crippen LogP contribution in [0.3, 0.4) is 0 Å². The number of rotatable bonds is 6. The maximum atomic E-state index is 14.0. The van der Waals surface area contributed by atoms with Crippen LogP contribution in [0, 0.1) is 23.3 Å². The van der Waals surface area contributed by atoms with Crippen molar-refractivity contribution in [1.82, 2.24) is 0 Å². The number of benzene rings is 4. The van der Waals surface area contributed by atoms with E-state index in [1.165, 1.54) is 6.07 Å². The Hall–Kier alpha value is -4.08. The topological polar surface area (TPSA) is 33.6 Å². The number of hydrogen-bond acceptors (Lipinski definition) is 3. The van der Waals surface area contributed by atoms with Gasteiger partial charge in [0, 0.05) is 0 Å². The molecule has 0 saturated heterocycles. The van der Waals surface area contributed by atoms with E-state index in [1.807, 2.05) is 42.5 Å². The number of hydrazone groups is 1. The molecule has 0 spiro atoms. The minimum atomic E-state index is -5.62. The average Bonchev–Trinajstić information content (AvgIpc) is 2.83. The summed E-state index contributed by atoms with van der Waals surface area (Å²) in [4.78, 5) is 0. The van der Waals surface area contributed by atoms with E-state index in [0.29, 0.717) is 11.3 Å². The molecule has 4 aromatic rings. The first kappa shape index (κ1) is 24.1. The van der Waals surface area contributed by atoms with Gasteiger partial charge in [-0.25, -0.2) is 17.6 Å². The monoisotopic (exact) mass is 492 g/mol. The molecule has 0 aliphatic heterocycles. The van der Waals surface area contributed by atoms with Gasteiger partial charge in [-0.3, -0.25) is 5.43 Å². The Morgan fingerprint density at radius 1 is 0.800 bits per heavy atom. The van der Waals surface area contributed by atoms with Gasteiger partial charge in [-0.05, 0) is 34.0 Å². The van der Waals surface area contributed by atoms with Crippen molar-refractivity contribution in [1.29, 1.82) is 0 Å². The van der Waals surface area contributed by atoms with Crippen LogP contribution in [-0.4, -0.2) is 6.21 Å². The molecule has 0 saturated carbocycles. The Morgan fingerprint density at radius 2 is 1.46 bits per heavy atom. The van der Waals surface area contributed by atoms with Crippen molar-refractivity contribution < 1.29 is 35.5 Å². The van der Waals surface area contributed by atoms with Crippen molar-refractivity contribution in [2.45, 2.75) is 12.8 Å². The standard InChI is InChI=1S/C25H15F7N2O/c26-20-19(25(30,31)32)21(27)23(29)24(22(20)28)34-33-12-14-5-3-9-17(11-14)35-13-16-8-4-7-15-6-1-2-10-18(15)16/h1-12,34H,13H2/b33-12+. The van der Waals surface area contributed by atoms with E-state index >= 15 is 0 Å². The number of halogens is 7. The van der Waals surface area contributed by atoms with Crippen LogP contribution in [-0.2, 0) is 12.8 Å². The van der Waals surface area contributed by atoms with E-state index in [0.717, 1.165) is 22.6 Å². The molecular weight excluding hydrogens is 477 g/mol. The van der Waals surface area contributed by atoms with Gasteiger partial charge in [0.25, 0.3) is 0 Å². The second-order valence-corrected chi connectivity index (χ2v) is 7.37. The molecule has 0 aromatic heterocycles. The highest BCUT2D eigenvalue weighted by atomic mass is 19.4. The summed E-state index contributed by atoms with van der Waals surface area (Å²) < 4.78 is 99.2. The van der Waals surface area contributed by atoms with Gasteiger partial charge in [-0.15, -0.1) is 0 Å². The lowest BCUT2D eigenvalue weighted by Crippen LogP contribution is -2.16. The molecule has 0 amide bonds. The molecule has 0 heterocycles. The second-order valence-electron chi connectivity index (χ2n) is 7.37. The van der Waals surface area contributed by atoms with Gasteiger partial charge in [0.15, 0.2) is 23.3 Å². The maximum Gasteiger partial charge on any atom is 0.422 e. The van der Waals surface area contributed by atoms with Crippen molar-refractivity contribution in [2.24, 2.45) is 5.10 Å². The van der Waals surface area contributed by atoms with Gasteiger partial charge in [0.2, 0.25) is 0 Å². The van der Waals surface area contributed by atoms with Crippen LogP contribution in [0.25, 0.3) is 10.8 Å².